The Morgan fingerprint density at radius 1 is 1.29 bits per heavy atom. The van der Waals surface area contributed by atoms with Gasteiger partial charge in [-0.1, -0.05) is 0 Å². The molecule has 0 aliphatic rings. The summed E-state index contributed by atoms with van der Waals surface area (Å²) in [6, 6.07) is 4.65. The van der Waals surface area contributed by atoms with Crippen molar-refractivity contribution in [1.82, 2.24) is 5.32 Å². The zero-order valence-corrected chi connectivity index (χ0v) is 7.14. The smallest absolute Gasteiger partial charge is 0.255 e. The Balaban J connectivity index is 2.57. The molecule has 0 unspecified atom stereocenters. The van der Waals surface area contributed by atoms with Gasteiger partial charge < -0.3 is 5.32 Å². The van der Waals surface area contributed by atoms with Gasteiger partial charge in [0.15, 0.2) is 0 Å². The number of rotatable bonds is 3. The SMILES string of the molecule is O=C(NCC(F)F)c1ccc(F)cc1. The molecule has 0 saturated heterocycles. The molecule has 1 rings (SSSR count). The molecule has 0 atom stereocenters. The van der Waals surface area contributed by atoms with Crippen molar-refractivity contribution in [3.63, 3.8) is 0 Å². The number of nitrogens with one attached hydrogen (secondary N) is 1. The lowest BCUT2D eigenvalue weighted by molar-refractivity contribution is 0.0891. The maximum Gasteiger partial charge on any atom is 0.255 e. The molecular formula is C9H8F3NO. The molecule has 5 heteroatoms. The molecule has 0 aliphatic carbocycles. The van der Waals surface area contributed by atoms with Crippen LogP contribution in [0.4, 0.5) is 13.2 Å². The van der Waals surface area contributed by atoms with E-state index in [0.29, 0.717) is 0 Å². The number of alkyl halides is 2. The van der Waals surface area contributed by atoms with E-state index in [1.54, 1.807) is 0 Å². The fraction of sp³-hybridized carbons (Fsp3) is 0.222. The Labute approximate surface area is 78.7 Å². The molecule has 1 N–H and O–H groups in total. The van der Waals surface area contributed by atoms with Gasteiger partial charge in [-0.05, 0) is 24.3 Å². The second-order valence-corrected chi connectivity index (χ2v) is 2.61. The van der Waals surface area contributed by atoms with Gasteiger partial charge in [0.25, 0.3) is 12.3 Å². The topological polar surface area (TPSA) is 29.1 Å². The van der Waals surface area contributed by atoms with Crippen molar-refractivity contribution in [3.8, 4) is 0 Å². The van der Waals surface area contributed by atoms with Crippen molar-refractivity contribution in [2.75, 3.05) is 6.54 Å². The summed E-state index contributed by atoms with van der Waals surface area (Å²) in [4.78, 5) is 11.1. The normalized spacial score (nSPS) is 10.3. The number of carbonyl (C=O) groups excluding carboxylic acids is 1. The highest BCUT2D eigenvalue weighted by Crippen LogP contribution is 2.02. The lowest BCUT2D eigenvalue weighted by atomic mass is 10.2. The van der Waals surface area contributed by atoms with E-state index in [2.05, 4.69) is 0 Å². The molecule has 0 radical (unpaired) electrons. The van der Waals surface area contributed by atoms with Gasteiger partial charge in [-0.2, -0.15) is 0 Å². The summed E-state index contributed by atoms with van der Waals surface area (Å²) >= 11 is 0. The van der Waals surface area contributed by atoms with Crippen LogP contribution in [-0.4, -0.2) is 18.9 Å². The van der Waals surface area contributed by atoms with Crippen LogP contribution in [0, 0.1) is 5.82 Å². The zero-order chi connectivity index (χ0) is 10.6. The maximum absolute atomic E-state index is 12.4. The highest BCUT2D eigenvalue weighted by atomic mass is 19.3. The first-order chi connectivity index (χ1) is 6.59. The molecule has 1 aromatic carbocycles. The van der Waals surface area contributed by atoms with Gasteiger partial charge in [0.2, 0.25) is 0 Å². The summed E-state index contributed by atoms with van der Waals surface area (Å²) in [5, 5.41) is 2.01. The van der Waals surface area contributed by atoms with Crippen molar-refractivity contribution < 1.29 is 18.0 Å². The van der Waals surface area contributed by atoms with E-state index in [1.807, 2.05) is 5.32 Å². The van der Waals surface area contributed by atoms with Crippen LogP contribution >= 0.6 is 0 Å². The highest BCUT2D eigenvalue weighted by Gasteiger charge is 2.08. The number of carbonyl (C=O) groups is 1. The summed E-state index contributed by atoms with van der Waals surface area (Å²) in [5.41, 5.74) is 0.159. The summed E-state index contributed by atoms with van der Waals surface area (Å²) in [7, 11) is 0. The summed E-state index contributed by atoms with van der Waals surface area (Å²) in [6.45, 7) is -0.698. The number of amides is 1. The minimum Gasteiger partial charge on any atom is -0.346 e. The average molecular weight is 203 g/mol. The van der Waals surface area contributed by atoms with Gasteiger partial charge in [-0.15, -0.1) is 0 Å². The van der Waals surface area contributed by atoms with Crippen LogP contribution in [0.2, 0.25) is 0 Å². The van der Waals surface area contributed by atoms with Crippen molar-refractivity contribution >= 4 is 5.91 Å². The first kappa shape index (κ1) is 10.6. The van der Waals surface area contributed by atoms with E-state index in [1.165, 1.54) is 12.1 Å². The number of halogens is 3. The molecule has 14 heavy (non-hydrogen) atoms. The van der Waals surface area contributed by atoms with Gasteiger partial charge in [-0.25, -0.2) is 13.2 Å². The van der Waals surface area contributed by atoms with Gasteiger partial charge in [-0.3, -0.25) is 4.79 Å². The van der Waals surface area contributed by atoms with E-state index in [4.69, 9.17) is 0 Å². The summed E-state index contributed by atoms with van der Waals surface area (Å²) in [5.74, 6) is -1.11. The zero-order valence-electron chi connectivity index (χ0n) is 7.14. The van der Waals surface area contributed by atoms with Gasteiger partial charge >= 0.3 is 0 Å². The van der Waals surface area contributed by atoms with E-state index in [0.717, 1.165) is 12.1 Å². The van der Waals surface area contributed by atoms with Crippen molar-refractivity contribution in [2.45, 2.75) is 6.43 Å². The lowest BCUT2D eigenvalue weighted by Crippen LogP contribution is -2.28. The second-order valence-electron chi connectivity index (χ2n) is 2.61. The molecular weight excluding hydrogens is 195 g/mol. The molecule has 2 nitrogen and oxygen atoms in total. The maximum atomic E-state index is 12.4. The third kappa shape index (κ3) is 3.08. The molecule has 0 fully saturated rings. The predicted molar refractivity (Wildman–Crippen MR) is 44.7 cm³/mol. The molecule has 1 amide bonds. The highest BCUT2D eigenvalue weighted by molar-refractivity contribution is 5.94. The van der Waals surface area contributed by atoms with Crippen molar-refractivity contribution in [2.24, 2.45) is 0 Å². The molecule has 0 heterocycles. The van der Waals surface area contributed by atoms with Crippen molar-refractivity contribution in [1.29, 1.82) is 0 Å². The average Bonchev–Trinajstić information content (AvgIpc) is 2.15. The van der Waals surface area contributed by atoms with Crippen LogP contribution in [0.5, 0.6) is 0 Å². The molecule has 76 valence electrons. The standard InChI is InChI=1S/C9H8F3NO/c10-7-3-1-6(2-4-7)9(14)13-5-8(11)12/h1-4,8H,5H2,(H,13,14). The summed E-state index contributed by atoms with van der Waals surface area (Å²) in [6.07, 6.45) is -2.58. The Kier molecular flexibility index (Phi) is 3.50. The number of hydrogen-bond donors (Lipinski definition) is 1. The minimum absolute atomic E-state index is 0.159. The van der Waals surface area contributed by atoms with Crippen LogP contribution in [-0.2, 0) is 0 Å². The third-order valence-electron chi connectivity index (χ3n) is 1.52. The van der Waals surface area contributed by atoms with Gasteiger partial charge in [0, 0.05) is 5.56 Å². The van der Waals surface area contributed by atoms with E-state index in [-0.39, 0.29) is 5.56 Å². The molecule has 1 aromatic rings. The molecule has 0 aromatic heterocycles. The fourth-order valence-corrected chi connectivity index (χ4v) is 0.873. The predicted octanol–water partition coefficient (Wildman–Crippen LogP) is 1.82. The van der Waals surface area contributed by atoms with Crippen LogP contribution in [0.25, 0.3) is 0 Å². The fourth-order valence-electron chi connectivity index (χ4n) is 0.873. The van der Waals surface area contributed by atoms with Crippen LogP contribution in [0.1, 0.15) is 10.4 Å². The van der Waals surface area contributed by atoms with Gasteiger partial charge in [0.05, 0.1) is 6.54 Å². The van der Waals surface area contributed by atoms with Crippen LogP contribution in [0.15, 0.2) is 24.3 Å². The Morgan fingerprint density at radius 3 is 2.36 bits per heavy atom. The van der Waals surface area contributed by atoms with Gasteiger partial charge in [0.1, 0.15) is 5.82 Å². The first-order valence-electron chi connectivity index (χ1n) is 3.91. The molecule has 0 spiro atoms. The monoisotopic (exact) mass is 203 g/mol. The lowest BCUT2D eigenvalue weighted by Gasteiger charge is -2.03. The van der Waals surface area contributed by atoms with E-state index in [9.17, 15) is 18.0 Å². The second kappa shape index (κ2) is 4.64. The Hall–Kier alpha value is -1.52. The van der Waals surface area contributed by atoms with Crippen molar-refractivity contribution in [3.05, 3.63) is 35.6 Å². The molecule has 0 bridgehead atoms. The van der Waals surface area contributed by atoms with E-state index >= 15 is 0 Å². The van der Waals surface area contributed by atoms with Crippen LogP contribution < -0.4 is 5.32 Å². The van der Waals surface area contributed by atoms with Crippen LogP contribution in [0.3, 0.4) is 0 Å². The molecule has 0 aliphatic heterocycles. The molecule has 0 saturated carbocycles. The summed E-state index contributed by atoms with van der Waals surface area (Å²) < 4.78 is 35.8. The number of hydrogen-bond acceptors (Lipinski definition) is 1. The quantitative estimate of drug-likeness (QED) is 0.797. The largest absolute Gasteiger partial charge is 0.346 e. The number of benzene rings is 1. The first-order valence-corrected chi connectivity index (χ1v) is 3.91. The Bertz CT molecular complexity index is 310. The Morgan fingerprint density at radius 2 is 1.86 bits per heavy atom. The van der Waals surface area contributed by atoms with E-state index < -0.39 is 24.7 Å². The minimum atomic E-state index is -2.58. The third-order valence-corrected chi connectivity index (χ3v) is 1.52.